The van der Waals surface area contributed by atoms with E-state index in [1.165, 1.54) is 24.3 Å². The SMILES string of the molecule is COc1cccc(CCC(=O)N2C3CCC2CC(NC(=O)c2ccc(F)cc2)C3)c1. The number of hydrogen-bond donors (Lipinski definition) is 1. The van der Waals surface area contributed by atoms with Gasteiger partial charge < -0.3 is 15.0 Å². The summed E-state index contributed by atoms with van der Waals surface area (Å²) in [5, 5.41) is 3.07. The van der Waals surface area contributed by atoms with Crippen molar-refractivity contribution in [2.24, 2.45) is 0 Å². The van der Waals surface area contributed by atoms with Crippen molar-refractivity contribution in [1.82, 2.24) is 10.2 Å². The van der Waals surface area contributed by atoms with Crippen molar-refractivity contribution >= 4 is 11.8 Å². The molecule has 2 unspecified atom stereocenters. The summed E-state index contributed by atoms with van der Waals surface area (Å²) in [7, 11) is 1.64. The molecule has 0 spiro atoms. The minimum Gasteiger partial charge on any atom is -0.497 e. The molecule has 0 aliphatic carbocycles. The number of amides is 2. The number of hydrogen-bond acceptors (Lipinski definition) is 3. The van der Waals surface area contributed by atoms with Crippen LogP contribution in [0.2, 0.25) is 0 Å². The predicted octanol–water partition coefficient (Wildman–Crippen LogP) is 3.72. The zero-order valence-corrected chi connectivity index (χ0v) is 17.1. The Morgan fingerprint density at radius 1 is 1.10 bits per heavy atom. The molecule has 2 aliphatic heterocycles. The number of rotatable bonds is 6. The third-order valence-electron chi connectivity index (χ3n) is 6.22. The number of nitrogens with one attached hydrogen (secondary N) is 1. The molecule has 0 radical (unpaired) electrons. The van der Waals surface area contributed by atoms with Gasteiger partial charge >= 0.3 is 0 Å². The number of aryl methyl sites for hydroxylation is 1. The fourth-order valence-corrected chi connectivity index (χ4v) is 4.78. The number of methoxy groups -OCH3 is 1. The van der Waals surface area contributed by atoms with Crippen LogP contribution in [0.1, 0.15) is 48.0 Å². The lowest BCUT2D eigenvalue weighted by atomic mass is 9.96. The van der Waals surface area contributed by atoms with Gasteiger partial charge in [0.2, 0.25) is 5.91 Å². The molecule has 2 aromatic carbocycles. The van der Waals surface area contributed by atoms with Crippen LogP contribution in [0.4, 0.5) is 4.39 Å². The van der Waals surface area contributed by atoms with Gasteiger partial charge in [0.05, 0.1) is 7.11 Å². The average Bonchev–Trinajstić information content (AvgIpc) is 3.03. The van der Waals surface area contributed by atoms with E-state index in [-0.39, 0.29) is 35.8 Å². The first-order valence-corrected chi connectivity index (χ1v) is 10.5. The van der Waals surface area contributed by atoms with Crippen LogP contribution in [-0.2, 0) is 11.2 Å². The smallest absolute Gasteiger partial charge is 0.251 e. The largest absolute Gasteiger partial charge is 0.497 e. The molecule has 0 aromatic heterocycles. The van der Waals surface area contributed by atoms with Crippen LogP contribution in [0, 0.1) is 5.82 Å². The number of piperidine rings is 1. The van der Waals surface area contributed by atoms with Gasteiger partial charge in [-0.05, 0) is 74.1 Å². The number of carbonyl (C=O) groups excluding carboxylic acids is 2. The highest BCUT2D eigenvalue weighted by Crippen LogP contribution is 2.36. The van der Waals surface area contributed by atoms with Crippen molar-refractivity contribution in [3.05, 3.63) is 65.5 Å². The van der Waals surface area contributed by atoms with Gasteiger partial charge in [-0.3, -0.25) is 9.59 Å². The Balaban J connectivity index is 1.32. The molecule has 158 valence electrons. The summed E-state index contributed by atoms with van der Waals surface area (Å²) in [4.78, 5) is 27.5. The Morgan fingerprint density at radius 2 is 1.80 bits per heavy atom. The Bertz CT molecular complexity index is 901. The van der Waals surface area contributed by atoms with Crippen molar-refractivity contribution in [2.45, 2.75) is 56.7 Å². The number of carbonyl (C=O) groups is 2. The van der Waals surface area contributed by atoms with Gasteiger partial charge in [0.1, 0.15) is 11.6 Å². The van der Waals surface area contributed by atoms with Crippen LogP contribution >= 0.6 is 0 Å². The number of halogens is 1. The van der Waals surface area contributed by atoms with E-state index in [0.29, 0.717) is 18.4 Å². The van der Waals surface area contributed by atoms with E-state index in [0.717, 1.165) is 37.0 Å². The summed E-state index contributed by atoms with van der Waals surface area (Å²) in [5.74, 6) is 0.453. The van der Waals surface area contributed by atoms with Crippen LogP contribution < -0.4 is 10.1 Å². The van der Waals surface area contributed by atoms with Crippen molar-refractivity contribution in [1.29, 1.82) is 0 Å². The second kappa shape index (κ2) is 8.86. The Hall–Kier alpha value is -2.89. The molecule has 2 atom stereocenters. The summed E-state index contributed by atoms with van der Waals surface area (Å²) < 4.78 is 18.3. The van der Waals surface area contributed by atoms with E-state index < -0.39 is 0 Å². The zero-order chi connectivity index (χ0) is 21.1. The standard InChI is InChI=1S/C24H27FN2O3/c1-30-22-4-2-3-16(13-22)5-12-23(28)27-20-10-11-21(27)15-19(14-20)26-24(29)17-6-8-18(25)9-7-17/h2-4,6-9,13,19-21H,5,10-12,14-15H2,1H3,(H,26,29). The first kappa shape index (κ1) is 20.4. The Kier molecular flexibility index (Phi) is 6.02. The van der Waals surface area contributed by atoms with Gasteiger partial charge in [-0.25, -0.2) is 4.39 Å². The lowest BCUT2D eigenvalue weighted by molar-refractivity contribution is -0.135. The Labute approximate surface area is 176 Å². The van der Waals surface area contributed by atoms with Gasteiger partial charge in [-0.1, -0.05) is 12.1 Å². The van der Waals surface area contributed by atoms with Gasteiger partial charge in [-0.2, -0.15) is 0 Å². The van der Waals surface area contributed by atoms with Crippen molar-refractivity contribution in [3.63, 3.8) is 0 Å². The molecule has 30 heavy (non-hydrogen) atoms. The van der Waals surface area contributed by atoms with Crippen LogP contribution in [0.15, 0.2) is 48.5 Å². The molecule has 1 N–H and O–H groups in total. The highest BCUT2D eigenvalue weighted by Gasteiger charge is 2.43. The van der Waals surface area contributed by atoms with Crippen molar-refractivity contribution in [3.8, 4) is 5.75 Å². The molecule has 2 bridgehead atoms. The van der Waals surface area contributed by atoms with Crippen LogP contribution in [-0.4, -0.2) is 41.9 Å². The molecule has 2 amide bonds. The Morgan fingerprint density at radius 3 is 2.47 bits per heavy atom. The zero-order valence-electron chi connectivity index (χ0n) is 17.1. The summed E-state index contributed by atoms with van der Waals surface area (Å²) in [6.45, 7) is 0. The highest BCUT2D eigenvalue weighted by atomic mass is 19.1. The van der Waals surface area contributed by atoms with Crippen LogP contribution in [0.5, 0.6) is 5.75 Å². The molecule has 0 saturated carbocycles. The third-order valence-corrected chi connectivity index (χ3v) is 6.22. The molecule has 4 rings (SSSR count). The fourth-order valence-electron chi connectivity index (χ4n) is 4.78. The molecule has 6 heteroatoms. The van der Waals surface area contributed by atoms with Crippen LogP contribution in [0.25, 0.3) is 0 Å². The summed E-state index contributed by atoms with van der Waals surface area (Å²) >= 11 is 0. The van der Waals surface area contributed by atoms with Crippen molar-refractivity contribution in [2.75, 3.05) is 7.11 Å². The summed E-state index contributed by atoms with van der Waals surface area (Å²) in [6, 6.07) is 13.8. The molecule has 5 nitrogen and oxygen atoms in total. The lowest BCUT2D eigenvalue weighted by Gasteiger charge is -2.39. The molecule has 2 aromatic rings. The second-order valence-corrected chi connectivity index (χ2v) is 8.19. The maximum absolute atomic E-state index is 13.1. The molecule has 2 saturated heterocycles. The van der Waals surface area contributed by atoms with E-state index in [9.17, 15) is 14.0 Å². The predicted molar refractivity (Wildman–Crippen MR) is 112 cm³/mol. The van der Waals surface area contributed by atoms with Crippen molar-refractivity contribution < 1.29 is 18.7 Å². The van der Waals surface area contributed by atoms with Crippen LogP contribution in [0.3, 0.4) is 0 Å². The fraction of sp³-hybridized carbons (Fsp3) is 0.417. The average molecular weight is 410 g/mol. The number of nitrogens with zero attached hydrogens (tertiary/aromatic N) is 1. The first-order chi connectivity index (χ1) is 14.5. The van der Waals surface area contributed by atoms with E-state index in [2.05, 4.69) is 10.2 Å². The number of benzene rings is 2. The van der Waals surface area contributed by atoms with Gasteiger partial charge in [0, 0.05) is 30.1 Å². The lowest BCUT2D eigenvalue weighted by Crippen LogP contribution is -2.52. The number of fused-ring (bicyclic) bond motifs is 2. The monoisotopic (exact) mass is 410 g/mol. The maximum atomic E-state index is 13.1. The second-order valence-electron chi connectivity index (χ2n) is 8.19. The van der Waals surface area contributed by atoms with E-state index in [1.807, 2.05) is 24.3 Å². The molecular weight excluding hydrogens is 383 g/mol. The minimum atomic E-state index is -0.356. The third kappa shape index (κ3) is 4.48. The van der Waals surface area contributed by atoms with E-state index >= 15 is 0 Å². The minimum absolute atomic E-state index is 0.0440. The quantitative estimate of drug-likeness (QED) is 0.790. The maximum Gasteiger partial charge on any atom is 0.251 e. The number of ether oxygens (including phenoxy) is 1. The summed E-state index contributed by atoms with van der Waals surface area (Å²) in [5.41, 5.74) is 1.55. The molecule has 2 heterocycles. The summed E-state index contributed by atoms with van der Waals surface area (Å²) in [6.07, 6.45) is 4.68. The first-order valence-electron chi connectivity index (χ1n) is 10.5. The molecule has 2 aliphatic rings. The van der Waals surface area contributed by atoms with Gasteiger partial charge in [0.25, 0.3) is 5.91 Å². The van der Waals surface area contributed by atoms with Gasteiger partial charge in [0.15, 0.2) is 0 Å². The van der Waals surface area contributed by atoms with E-state index in [1.54, 1.807) is 7.11 Å². The molecular formula is C24H27FN2O3. The van der Waals surface area contributed by atoms with E-state index in [4.69, 9.17) is 4.74 Å². The highest BCUT2D eigenvalue weighted by molar-refractivity contribution is 5.94. The van der Waals surface area contributed by atoms with Gasteiger partial charge in [-0.15, -0.1) is 0 Å². The normalized spacial score (nSPS) is 22.6. The molecule has 2 fully saturated rings. The topological polar surface area (TPSA) is 58.6 Å².